The van der Waals surface area contributed by atoms with E-state index in [0.29, 0.717) is 13.0 Å². The topological polar surface area (TPSA) is 82.1 Å². The first-order valence-corrected chi connectivity index (χ1v) is 9.60. The summed E-state index contributed by atoms with van der Waals surface area (Å²) >= 11 is 0. The maximum atomic E-state index is 11.7. The summed E-state index contributed by atoms with van der Waals surface area (Å²) in [7, 11) is -4.05. The minimum atomic E-state index is -4.05. The van der Waals surface area contributed by atoms with Gasteiger partial charge in [0.1, 0.15) is 13.2 Å². The van der Waals surface area contributed by atoms with Gasteiger partial charge in [-0.15, -0.1) is 0 Å². The molecule has 0 heterocycles. The van der Waals surface area contributed by atoms with Crippen molar-refractivity contribution in [1.29, 1.82) is 0 Å². The molecule has 1 N–H and O–H groups in total. The van der Waals surface area contributed by atoms with Gasteiger partial charge in [0, 0.05) is 12.5 Å². The van der Waals surface area contributed by atoms with Crippen molar-refractivity contribution in [2.75, 3.05) is 46.0 Å². The molecule has 136 valence electrons. The van der Waals surface area contributed by atoms with E-state index in [1.54, 1.807) is 13.0 Å². The van der Waals surface area contributed by atoms with Gasteiger partial charge in [-0.05, 0) is 27.7 Å². The minimum Gasteiger partial charge on any atom is -0.462 e. The van der Waals surface area contributed by atoms with Gasteiger partial charge >= 0.3 is 13.8 Å². The Kier molecular flexibility index (Phi) is 11.4. The Balaban J connectivity index is 3.97. The van der Waals surface area contributed by atoms with Gasteiger partial charge < -0.3 is 14.1 Å². The molecular formula is C15H31NO6P+. The van der Waals surface area contributed by atoms with Crippen LogP contribution in [-0.4, -0.2) is 61.3 Å². The van der Waals surface area contributed by atoms with Gasteiger partial charge in [-0.25, -0.2) is 9.36 Å². The van der Waals surface area contributed by atoms with Crippen LogP contribution in [0.5, 0.6) is 0 Å². The molecule has 0 aromatic heterocycles. The molecule has 0 radical (unpaired) electrons. The van der Waals surface area contributed by atoms with Crippen LogP contribution in [0.2, 0.25) is 0 Å². The number of carbonyl (C=O) groups is 1. The number of esters is 1. The summed E-state index contributed by atoms with van der Waals surface area (Å²) in [5, 5.41) is 0. The summed E-state index contributed by atoms with van der Waals surface area (Å²) in [4.78, 5) is 20.7. The zero-order valence-electron chi connectivity index (χ0n) is 14.7. The molecule has 1 unspecified atom stereocenters. The fourth-order valence-electron chi connectivity index (χ4n) is 2.13. The summed E-state index contributed by atoms with van der Waals surface area (Å²) in [5.41, 5.74) is 0. The lowest BCUT2D eigenvalue weighted by atomic mass is 10.3. The second-order valence-corrected chi connectivity index (χ2v) is 6.62. The van der Waals surface area contributed by atoms with Crippen LogP contribution in [0, 0.1) is 0 Å². The van der Waals surface area contributed by atoms with Crippen LogP contribution in [0.3, 0.4) is 0 Å². The van der Waals surface area contributed by atoms with Gasteiger partial charge in [0.2, 0.25) is 0 Å². The quantitative estimate of drug-likeness (QED) is 0.180. The van der Waals surface area contributed by atoms with E-state index in [9.17, 15) is 14.3 Å². The maximum Gasteiger partial charge on any atom is 0.472 e. The standard InChI is InChI=1S/C15H30NO6P/c1-5-10-15(17)20-12-9-13-21-23(18,19)22-14-11-16(6-2,7-3)8-4/h5,10H,6-9,11-14H2,1-4H3/p+1. The lowest BCUT2D eigenvalue weighted by Crippen LogP contribution is -2.49. The van der Waals surface area contributed by atoms with Crippen molar-refractivity contribution in [3.8, 4) is 0 Å². The van der Waals surface area contributed by atoms with E-state index >= 15 is 0 Å². The van der Waals surface area contributed by atoms with E-state index in [1.165, 1.54) is 6.08 Å². The zero-order valence-corrected chi connectivity index (χ0v) is 15.6. The maximum absolute atomic E-state index is 11.7. The number of ether oxygens (including phenoxy) is 1. The number of phosphoric ester groups is 1. The lowest BCUT2D eigenvalue weighted by molar-refractivity contribution is -0.923. The van der Waals surface area contributed by atoms with Crippen LogP contribution < -0.4 is 0 Å². The van der Waals surface area contributed by atoms with Crippen molar-refractivity contribution in [1.82, 2.24) is 0 Å². The number of phosphoric acid groups is 1. The second kappa shape index (κ2) is 11.8. The molecule has 0 amide bonds. The summed E-state index contributed by atoms with van der Waals surface area (Å²) in [6, 6.07) is 0. The third kappa shape index (κ3) is 9.89. The molecular weight excluding hydrogens is 321 g/mol. The summed E-state index contributed by atoms with van der Waals surface area (Å²) < 4.78 is 27.3. The Bertz CT molecular complexity index is 401. The SMILES string of the molecule is CC=CC(=O)OCCCOP(=O)(O)OCC[N+](CC)(CC)CC. The van der Waals surface area contributed by atoms with E-state index in [0.717, 1.165) is 24.1 Å². The highest BCUT2D eigenvalue weighted by atomic mass is 31.2. The molecule has 0 saturated carbocycles. The lowest BCUT2D eigenvalue weighted by Gasteiger charge is -2.35. The molecule has 0 rings (SSSR count). The monoisotopic (exact) mass is 352 g/mol. The number of rotatable bonds is 13. The van der Waals surface area contributed by atoms with E-state index < -0.39 is 13.8 Å². The van der Waals surface area contributed by atoms with Gasteiger partial charge in [-0.3, -0.25) is 9.05 Å². The second-order valence-electron chi connectivity index (χ2n) is 5.17. The predicted octanol–water partition coefficient (Wildman–Crippen LogP) is 2.51. The summed E-state index contributed by atoms with van der Waals surface area (Å²) in [6.07, 6.45) is 3.22. The number of allylic oxidation sites excluding steroid dienone is 1. The number of hydrogen-bond donors (Lipinski definition) is 1. The molecule has 0 aliphatic carbocycles. The predicted molar refractivity (Wildman–Crippen MR) is 88.9 cm³/mol. The molecule has 0 saturated heterocycles. The van der Waals surface area contributed by atoms with Crippen LogP contribution in [0.4, 0.5) is 0 Å². The highest BCUT2D eigenvalue weighted by molar-refractivity contribution is 7.47. The van der Waals surface area contributed by atoms with Crippen LogP contribution in [0.15, 0.2) is 12.2 Å². The van der Waals surface area contributed by atoms with Crippen LogP contribution in [-0.2, 0) is 23.1 Å². The van der Waals surface area contributed by atoms with Crippen molar-refractivity contribution in [3.63, 3.8) is 0 Å². The Morgan fingerprint density at radius 1 is 1.09 bits per heavy atom. The largest absolute Gasteiger partial charge is 0.472 e. The Hall–Kier alpha value is -0.720. The molecule has 0 aromatic carbocycles. The summed E-state index contributed by atoms with van der Waals surface area (Å²) in [6.45, 7) is 11.8. The Morgan fingerprint density at radius 3 is 2.17 bits per heavy atom. The van der Waals surface area contributed by atoms with Gasteiger partial charge in [-0.1, -0.05) is 6.08 Å². The Morgan fingerprint density at radius 2 is 1.65 bits per heavy atom. The Labute approximate surface area is 139 Å². The molecule has 23 heavy (non-hydrogen) atoms. The van der Waals surface area contributed by atoms with Crippen LogP contribution in [0.1, 0.15) is 34.1 Å². The number of hydrogen-bond acceptors (Lipinski definition) is 5. The normalized spacial score (nSPS) is 14.8. The highest BCUT2D eigenvalue weighted by Gasteiger charge is 2.25. The molecule has 0 aliphatic rings. The summed E-state index contributed by atoms with van der Waals surface area (Å²) in [5.74, 6) is -0.441. The van der Waals surface area contributed by atoms with Crippen molar-refractivity contribution in [2.45, 2.75) is 34.1 Å². The van der Waals surface area contributed by atoms with Crippen LogP contribution >= 0.6 is 7.82 Å². The van der Waals surface area contributed by atoms with Gasteiger partial charge in [0.25, 0.3) is 0 Å². The molecule has 8 heteroatoms. The minimum absolute atomic E-state index is 0.00771. The van der Waals surface area contributed by atoms with Crippen LogP contribution in [0.25, 0.3) is 0 Å². The molecule has 0 fully saturated rings. The molecule has 0 aromatic rings. The van der Waals surface area contributed by atoms with Gasteiger partial charge in [-0.2, -0.15) is 0 Å². The van der Waals surface area contributed by atoms with Gasteiger partial charge in [0.15, 0.2) is 0 Å². The smallest absolute Gasteiger partial charge is 0.462 e. The first-order valence-electron chi connectivity index (χ1n) is 8.11. The third-order valence-electron chi connectivity index (χ3n) is 3.92. The van der Waals surface area contributed by atoms with Gasteiger partial charge in [0.05, 0.1) is 32.8 Å². The van der Waals surface area contributed by atoms with E-state index in [-0.39, 0.29) is 19.8 Å². The molecule has 0 spiro atoms. The number of carbonyl (C=O) groups excluding carboxylic acids is 1. The van der Waals surface area contributed by atoms with E-state index in [2.05, 4.69) is 20.8 Å². The van der Waals surface area contributed by atoms with Crippen molar-refractivity contribution < 1.29 is 32.5 Å². The zero-order chi connectivity index (χ0) is 17.8. The average molecular weight is 352 g/mol. The fourth-order valence-corrected chi connectivity index (χ4v) is 2.87. The number of quaternary nitrogens is 1. The molecule has 7 nitrogen and oxygen atoms in total. The number of nitrogens with zero attached hydrogens (tertiary/aromatic N) is 1. The van der Waals surface area contributed by atoms with E-state index in [1.807, 2.05) is 0 Å². The van der Waals surface area contributed by atoms with Crippen molar-refractivity contribution in [3.05, 3.63) is 12.2 Å². The third-order valence-corrected chi connectivity index (χ3v) is 4.94. The van der Waals surface area contributed by atoms with Crippen molar-refractivity contribution >= 4 is 13.8 Å². The highest BCUT2D eigenvalue weighted by Crippen LogP contribution is 2.43. The first kappa shape index (κ1) is 22.3. The first-order chi connectivity index (χ1) is 10.8. The molecule has 1 atom stereocenters. The van der Waals surface area contributed by atoms with E-state index in [4.69, 9.17) is 13.8 Å². The molecule has 0 aliphatic heterocycles. The van der Waals surface area contributed by atoms with Crippen molar-refractivity contribution in [2.24, 2.45) is 0 Å². The average Bonchev–Trinajstić information content (AvgIpc) is 2.52. The molecule has 0 bridgehead atoms. The fraction of sp³-hybridized carbons (Fsp3) is 0.800. The number of likely N-dealkylation sites (N-methyl/N-ethyl adjacent to an activating group) is 1.